The second-order valence-electron chi connectivity index (χ2n) is 8.02. The number of aryl methyl sites for hydroxylation is 1. The molecule has 1 aromatic carbocycles. The highest BCUT2D eigenvalue weighted by atomic mass is 32.2. The highest BCUT2D eigenvalue weighted by molar-refractivity contribution is 7.93. The van der Waals surface area contributed by atoms with Crippen LogP contribution in [-0.2, 0) is 19.6 Å². The lowest BCUT2D eigenvalue weighted by Gasteiger charge is -2.33. The van der Waals surface area contributed by atoms with Crippen molar-refractivity contribution in [2.75, 3.05) is 23.6 Å². The molecule has 1 aliphatic heterocycles. The average molecular weight is 429 g/mol. The number of hydrogen-bond donors (Lipinski definition) is 2. The van der Waals surface area contributed by atoms with E-state index in [-0.39, 0.29) is 17.9 Å². The fraction of sp³-hybridized carbons (Fsp3) is 0.579. The predicted molar refractivity (Wildman–Crippen MR) is 108 cm³/mol. The number of rotatable bonds is 6. The minimum Gasteiger partial charge on any atom is -0.490 e. The lowest BCUT2D eigenvalue weighted by molar-refractivity contribution is -0.134. The van der Waals surface area contributed by atoms with Crippen molar-refractivity contribution in [3.63, 3.8) is 0 Å². The van der Waals surface area contributed by atoms with E-state index in [2.05, 4.69) is 4.72 Å². The van der Waals surface area contributed by atoms with Crippen molar-refractivity contribution >= 4 is 27.8 Å². The third kappa shape index (κ3) is 7.45. The van der Waals surface area contributed by atoms with Crippen LogP contribution in [0.3, 0.4) is 0 Å². The van der Waals surface area contributed by atoms with Crippen molar-refractivity contribution in [2.24, 2.45) is 0 Å². The maximum atomic E-state index is 12.1. The minimum atomic E-state index is -3.96. The second kappa shape index (κ2) is 8.89. The van der Waals surface area contributed by atoms with Crippen molar-refractivity contribution in [1.82, 2.24) is 4.90 Å². The van der Waals surface area contributed by atoms with Gasteiger partial charge >= 0.3 is 12.1 Å². The quantitative estimate of drug-likeness (QED) is 0.714. The van der Waals surface area contributed by atoms with E-state index in [1.807, 2.05) is 20.8 Å². The molecule has 1 heterocycles. The molecule has 1 amide bonds. The molecule has 0 saturated carbocycles. The Kier molecular flexibility index (Phi) is 6.99. The molecule has 9 nitrogen and oxygen atoms in total. The first-order chi connectivity index (χ1) is 13.3. The number of carbonyl (C=O) groups excluding carboxylic acids is 1. The fourth-order valence-corrected chi connectivity index (χ4v) is 3.77. The van der Waals surface area contributed by atoms with Crippen LogP contribution in [0, 0.1) is 6.92 Å². The molecular weight excluding hydrogens is 400 g/mol. The first-order valence-corrected chi connectivity index (χ1v) is 11.0. The zero-order valence-corrected chi connectivity index (χ0v) is 17.9. The summed E-state index contributed by atoms with van der Waals surface area (Å²) in [4.78, 5) is 24.4. The third-order valence-electron chi connectivity index (χ3n) is 4.15. The number of nitrogens with one attached hydrogen (secondary N) is 1. The molecule has 10 heteroatoms. The number of carboxylic acids is 1. The summed E-state index contributed by atoms with van der Waals surface area (Å²) in [6, 6.07) is 4.76. The first kappa shape index (κ1) is 22.8. The number of anilines is 1. The monoisotopic (exact) mass is 428 g/mol. The van der Waals surface area contributed by atoms with E-state index in [0.717, 1.165) is 5.56 Å². The summed E-state index contributed by atoms with van der Waals surface area (Å²) >= 11 is 0. The highest BCUT2D eigenvalue weighted by Gasteiger charge is 2.28. The molecule has 0 bridgehead atoms. The lowest BCUT2D eigenvalue weighted by atomic mass is 10.1. The maximum Gasteiger partial charge on any atom is 0.410 e. The van der Waals surface area contributed by atoms with E-state index >= 15 is 0 Å². The van der Waals surface area contributed by atoms with E-state index in [9.17, 15) is 18.0 Å². The van der Waals surface area contributed by atoms with E-state index in [0.29, 0.717) is 31.7 Å². The number of nitrogens with zero attached hydrogens (tertiary/aromatic N) is 1. The number of aliphatic carboxylic acids is 1. The molecule has 2 N–H and O–H groups in total. The number of carbonyl (C=O) groups is 2. The first-order valence-electron chi connectivity index (χ1n) is 9.32. The predicted octanol–water partition coefficient (Wildman–Crippen LogP) is 2.60. The topological polar surface area (TPSA) is 122 Å². The molecule has 1 aliphatic rings. The summed E-state index contributed by atoms with van der Waals surface area (Å²) in [6.07, 6.45) is 0.921. The lowest BCUT2D eigenvalue weighted by Crippen LogP contribution is -2.44. The van der Waals surface area contributed by atoms with Crippen LogP contribution in [0.1, 0.15) is 39.2 Å². The van der Waals surface area contributed by atoms with Gasteiger partial charge in [-0.15, -0.1) is 0 Å². The number of likely N-dealkylation sites (tertiary alicyclic amines) is 1. The van der Waals surface area contributed by atoms with Crippen LogP contribution in [0.4, 0.5) is 10.5 Å². The summed E-state index contributed by atoms with van der Waals surface area (Å²) in [7, 11) is -3.96. The number of ether oxygens (including phenoxy) is 2. The van der Waals surface area contributed by atoms with Crippen LogP contribution in [0.5, 0.6) is 5.75 Å². The van der Waals surface area contributed by atoms with E-state index < -0.39 is 27.3 Å². The van der Waals surface area contributed by atoms with Gasteiger partial charge in [0.2, 0.25) is 10.0 Å². The van der Waals surface area contributed by atoms with Gasteiger partial charge in [-0.2, -0.15) is 0 Å². The van der Waals surface area contributed by atoms with Gasteiger partial charge in [-0.05, 0) is 51.5 Å². The van der Waals surface area contributed by atoms with Crippen LogP contribution in [0.2, 0.25) is 0 Å². The van der Waals surface area contributed by atoms with Gasteiger partial charge in [-0.1, -0.05) is 0 Å². The number of carboxylic acid groups (broad SMARTS) is 1. The van der Waals surface area contributed by atoms with Crippen LogP contribution >= 0.6 is 0 Å². The molecule has 0 unspecified atom stereocenters. The second-order valence-corrected chi connectivity index (χ2v) is 9.74. The number of sulfonamides is 1. The van der Waals surface area contributed by atoms with Gasteiger partial charge in [0.1, 0.15) is 17.5 Å². The van der Waals surface area contributed by atoms with Crippen LogP contribution in [0.15, 0.2) is 18.2 Å². The zero-order chi connectivity index (χ0) is 21.8. The Hall–Kier alpha value is -2.49. The van der Waals surface area contributed by atoms with Gasteiger partial charge < -0.3 is 19.5 Å². The molecule has 0 radical (unpaired) electrons. The molecule has 0 aromatic heterocycles. The zero-order valence-electron chi connectivity index (χ0n) is 17.1. The summed E-state index contributed by atoms with van der Waals surface area (Å²) in [6.45, 7) is 8.33. The molecule has 0 aliphatic carbocycles. The number of piperidine rings is 1. The molecule has 2 rings (SSSR count). The minimum absolute atomic E-state index is 0.0676. The molecule has 1 aromatic rings. The van der Waals surface area contributed by atoms with Gasteiger partial charge in [-0.25, -0.2) is 13.2 Å². The SMILES string of the molecule is Cc1cc(NS(=O)(=O)CC(=O)O)ccc1OC1CCN(C(=O)OC(C)(C)C)CC1. The van der Waals surface area contributed by atoms with Gasteiger partial charge in [0.15, 0.2) is 5.75 Å². The van der Waals surface area contributed by atoms with E-state index in [1.165, 1.54) is 6.07 Å². The maximum absolute atomic E-state index is 12.1. The number of benzene rings is 1. The van der Waals surface area contributed by atoms with Gasteiger partial charge in [-0.3, -0.25) is 9.52 Å². The largest absolute Gasteiger partial charge is 0.490 e. The summed E-state index contributed by atoms with van der Waals surface area (Å²) in [5, 5.41) is 8.64. The molecule has 0 atom stereocenters. The normalized spacial score (nSPS) is 15.7. The molecule has 1 saturated heterocycles. The van der Waals surface area contributed by atoms with Crippen molar-refractivity contribution in [1.29, 1.82) is 0 Å². The number of hydrogen-bond acceptors (Lipinski definition) is 6. The van der Waals surface area contributed by atoms with E-state index in [1.54, 1.807) is 24.0 Å². The Morgan fingerprint density at radius 3 is 2.38 bits per heavy atom. The van der Waals surface area contributed by atoms with Gasteiger partial charge in [0, 0.05) is 31.6 Å². The molecule has 0 spiro atoms. The van der Waals surface area contributed by atoms with Crippen molar-refractivity contribution in [2.45, 2.75) is 52.2 Å². The van der Waals surface area contributed by atoms with Crippen LogP contribution in [0.25, 0.3) is 0 Å². The molecule has 29 heavy (non-hydrogen) atoms. The Balaban J connectivity index is 1.92. The molecule has 1 fully saturated rings. The molecular formula is C19H28N2O7S. The summed E-state index contributed by atoms with van der Waals surface area (Å²) in [5.41, 5.74) is 0.459. The van der Waals surface area contributed by atoms with Crippen molar-refractivity contribution in [3.05, 3.63) is 23.8 Å². The van der Waals surface area contributed by atoms with Gasteiger partial charge in [0.25, 0.3) is 0 Å². The fourth-order valence-electron chi connectivity index (χ4n) is 2.89. The Bertz CT molecular complexity index is 854. The Morgan fingerprint density at radius 2 is 1.86 bits per heavy atom. The van der Waals surface area contributed by atoms with Crippen molar-refractivity contribution in [3.8, 4) is 5.75 Å². The summed E-state index contributed by atoms with van der Waals surface area (Å²) < 4.78 is 37.1. The average Bonchev–Trinajstić information content (AvgIpc) is 2.54. The van der Waals surface area contributed by atoms with Crippen LogP contribution in [-0.4, -0.2) is 61.0 Å². The summed E-state index contributed by atoms with van der Waals surface area (Å²) in [5.74, 6) is -1.81. The van der Waals surface area contributed by atoms with E-state index in [4.69, 9.17) is 14.6 Å². The Labute approximate surface area is 171 Å². The Morgan fingerprint density at radius 1 is 1.24 bits per heavy atom. The molecule has 162 valence electrons. The highest BCUT2D eigenvalue weighted by Crippen LogP contribution is 2.26. The smallest absolute Gasteiger partial charge is 0.410 e. The van der Waals surface area contributed by atoms with Gasteiger partial charge in [0.05, 0.1) is 0 Å². The third-order valence-corrected chi connectivity index (χ3v) is 5.32. The number of amides is 1. The van der Waals surface area contributed by atoms with Crippen LogP contribution < -0.4 is 9.46 Å². The standard InChI is InChI=1S/C19H28N2O7S/c1-13-11-14(20-29(25,26)12-17(22)23)5-6-16(13)27-15-7-9-21(10-8-15)18(24)28-19(2,3)4/h5-6,11,15,20H,7-10,12H2,1-4H3,(H,22,23). The van der Waals surface area contributed by atoms with Crippen molar-refractivity contribution < 1.29 is 32.6 Å².